The van der Waals surface area contributed by atoms with Crippen LogP contribution in [0.15, 0.2) is 18.5 Å². The Labute approximate surface area is 96.3 Å². The van der Waals surface area contributed by atoms with Gasteiger partial charge in [0.05, 0.1) is 23.8 Å². The van der Waals surface area contributed by atoms with Crippen molar-refractivity contribution in [2.75, 3.05) is 37.0 Å². The summed E-state index contributed by atoms with van der Waals surface area (Å²) >= 11 is 0. The summed E-state index contributed by atoms with van der Waals surface area (Å²) in [4.78, 5) is 6.56. The Kier molecular flexibility index (Phi) is 3.62. The molecule has 2 rings (SSSR count). The second-order valence-electron chi connectivity index (χ2n) is 4.29. The summed E-state index contributed by atoms with van der Waals surface area (Å²) in [6, 6.07) is 2.12. The summed E-state index contributed by atoms with van der Waals surface area (Å²) in [5.41, 5.74) is 2.22. The van der Waals surface area contributed by atoms with E-state index in [1.807, 2.05) is 19.4 Å². The van der Waals surface area contributed by atoms with E-state index in [2.05, 4.69) is 21.3 Å². The maximum atomic E-state index is 8.92. The number of aliphatic hydroxyl groups excluding tert-OH is 1. The normalized spacial score (nSPS) is 20.1. The summed E-state index contributed by atoms with van der Waals surface area (Å²) in [6.45, 7) is 2.40. The van der Waals surface area contributed by atoms with E-state index in [9.17, 15) is 0 Å². The van der Waals surface area contributed by atoms with Crippen LogP contribution in [-0.2, 0) is 0 Å². The van der Waals surface area contributed by atoms with E-state index < -0.39 is 0 Å². The first-order valence-electron chi connectivity index (χ1n) is 5.82. The van der Waals surface area contributed by atoms with Crippen LogP contribution in [0.3, 0.4) is 0 Å². The molecule has 1 fully saturated rings. The molecule has 2 N–H and O–H groups in total. The quantitative estimate of drug-likeness (QED) is 0.805. The van der Waals surface area contributed by atoms with Crippen molar-refractivity contribution in [2.45, 2.75) is 12.8 Å². The second kappa shape index (κ2) is 5.16. The van der Waals surface area contributed by atoms with Crippen molar-refractivity contribution in [2.24, 2.45) is 5.92 Å². The summed E-state index contributed by atoms with van der Waals surface area (Å²) in [5.74, 6) is 0.628. The molecule has 16 heavy (non-hydrogen) atoms. The zero-order chi connectivity index (χ0) is 11.4. The van der Waals surface area contributed by atoms with Gasteiger partial charge >= 0.3 is 0 Å². The highest BCUT2D eigenvalue weighted by Gasteiger charge is 2.22. The summed E-state index contributed by atoms with van der Waals surface area (Å²) in [7, 11) is 1.90. The third kappa shape index (κ3) is 2.44. The van der Waals surface area contributed by atoms with Crippen molar-refractivity contribution < 1.29 is 5.11 Å². The Morgan fingerprint density at radius 3 is 3.19 bits per heavy atom. The summed E-state index contributed by atoms with van der Waals surface area (Å²) < 4.78 is 0. The molecule has 1 aromatic rings. The minimum atomic E-state index is 0.299. The van der Waals surface area contributed by atoms with Crippen molar-refractivity contribution in [1.82, 2.24) is 4.98 Å². The molecule has 1 atom stereocenters. The zero-order valence-corrected chi connectivity index (χ0v) is 9.69. The van der Waals surface area contributed by atoms with E-state index in [0.29, 0.717) is 12.5 Å². The number of pyridine rings is 1. The molecule has 0 bridgehead atoms. The van der Waals surface area contributed by atoms with E-state index >= 15 is 0 Å². The standard InChI is InChI=1S/C12H19N3O/c1-13-11-6-12(8-14-7-11)15-4-2-10(9-15)3-5-16/h6-8,10,13,16H,2-5,9H2,1H3. The molecule has 0 radical (unpaired) electrons. The van der Waals surface area contributed by atoms with Gasteiger partial charge in [0.2, 0.25) is 0 Å². The van der Waals surface area contributed by atoms with Crippen LogP contribution in [0.4, 0.5) is 11.4 Å². The van der Waals surface area contributed by atoms with Gasteiger partial charge in [-0.3, -0.25) is 4.98 Å². The molecular weight excluding hydrogens is 202 g/mol. The third-order valence-electron chi connectivity index (χ3n) is 3.20. The number of anilines is 2. The van der Waals surface area contributed by atoms with Crippen molar-refractivity contribution >= 4 is 11.4 Å². The van der Waals surface area contributed by atoms with Gasteiger partial charge in [0.25, 0.3) is 0 Å². The fourth-order valence-corrected chi connectivity index (χ4v) is 2.22. The average molecular weight is 221 g/mol. The lowest BCUT2D eigenvalue weighted by atomic mass is 10.1. The smallest absolute Gasteiger partial charge is 0.0573 e. The highest BCUT2D eigenvalue weighted by Crippen LogP contribution is 2.26. The van der Waals surface area contributed by atoms with E-state index in [4.69, 9.17) is 5.11 Å². The molecule has 0 aromatic carbocycles. The topological polar surface area (TPSA) is 48.4 Å². The fourth-order valence-electron chi connectivity index (χ4n) is 2.22. The average Bonchev–Trinajstić information content (AvgIpc) is 2.78. The largest absolute Gasteiger partial charge is 0.396 e. The molecular formula is C12H19N3O. The van der Waals surface area contributed by atoms with E-state index in [1.54, 1.807) is 0 Å². The Morgan fingerprint density at radius 2 is 2.44 bits per heavy atom. The Bertz CT molecular complexity index is 343. The number of aliphatic hydroxyl groups is 1. The number of hydrogen-bond donors (Lipinski definition) is 2. The lowest BCUT2D eigenvalue weighted by Gasteiger charge is -2.18. The summed E-state index contributed by atoms with van der Waals surface area (Å²) in [5, 5.41) is 12.0. The Morgan fingerprint density at radius 1 is 1.56 bits per heavy atom. The molecule has 0 amide bonds. The fraction of sp³-hybridized carbons (Fsp3) is 0.583. The number of aromatic nitrogens is 1. The monoisotopic (exact) mass is 221 g/mol. The molecule has 0 aliphatic carbocycles. The summed E-state index contributed by atoms with van der Waals surface area (Å²) in [6.07, 6.45) is 5.81. The molecule has 4 nitrogen and oxygen atoms in total. The molecule has 4 heteroatoms. The molecule has 1 aliphatic rings. The minimum Gasteiger partial charge on any atom is -0.396 e. The molecule has 1 aromatic heterocycles. The van der Waals surface area contributed by atoms with Crippen LogP contribution in [0, 0.1) is 5.92 Å². The Balaban J connectivity index is 2.02. The van der Waals surface area contributed by atoms with Crippen molar-refractivity contribution in [3.63, 3.8) is 0 Å². The molecule has 1 saturated heterocycles. The Hall–Kier alpha value is -1.29. The molecule has 0 saturated carbocycles. The number of nitrogens with one attached hydrogen (secondary N) is 1. The first-order chi connectivity index (χ1) is 7.83. The predicted molar refractivity (Wildman–Crippen MR) is 65.8 cm³/mol. The highest BCUT2D eigenvalue weighted by atomic mass is 16.3. The van der Waals surface area contributed by atoms with Gasteiger partial charge in [-0.25, -0.2) is 0 Å². The third-order valence-corrected chi connectivity index (χ3v) is 3.20. The van der Waals surface area contributed by atoms with Gasteiger partial charge in [0.1, 0.15) is 0 Å². The van der Waals surface area contributed by atoms with Crippen LogP contribution in [-0.4, -0.2) is 36.8 Å². The van der Waals surface area contributed by atoms with Gasteiger partial charge in [0, 0.05) is 26.7 Å². The van der Waals surface area contributed by atoms with E-state index in [0.717, 1.165) is 25.2 Å². The van der Waals surface area contributed by atoms with Crippen LogP contribution >= 0.6 is 0 Å². The van der Waals surface area contributed by atoms with Gasteiger partial charge in [-0.1, -0.05) is 0 Å². The lowest BCUT2D eigenvalue weighted by molar-refractivity contribution is 0.263. The van der Waals surface area contributed by atoms with Gasteiger partial charge in [-0.2, -0.15) is 0 Å². The molecule has 1 aliphatic heterocycles. The van der Waals surface area contributed by atoms with Crippen molar-refractivity contribution in [3.8, 4) is 0 Å². The van der Waals surface area contributed by atoms with Gasteiger partial charge in [-0.05, 0) is 24.8 Å². The van der Waals surface area contributed by atoms with Gasteiger partial charge in [0.15, 0.2) is 0 Å². The molecule has 88 valence electrons. The first kappa shape index (κ1) is 11.2. The molecule has 1 unspecified atom stereocenters. The number of nitrogens with zero attached hydrogens (tertiary/aromatic N) is 2. The predicted octanol–water partition coefficient (Wildman–Crippen LogP) is 1.33. The van der Waals surface area contributed by atoms with Crippen LogP contribution in [0.2, 0.25) is 0 Å². The van der Waals surface area contributed by atoms with Crippen LogP contribution in [0.25, 0.3) is 0 Å². The highest BCUT2D eigenvalue weighted by molar-refractivity contribution is 5.55. The first-order valence-corrected chi connectivity index (χ1v) is 5.82. The molecule has 0 spiro atoms. The zero-order valence-electron chi connectivity index (χ0n) is 9.69. The van der Waals surface area contributed by atoms with Gasteiger partial charge < -0.3 is 15.3 Å². The lowest BCUT2D eigenvalue weighted by Crippen LogP contribution is -2.20. The van der Waals surface area contributed by atoms with Crippen LogP contribution in [0.1, 0.15) is 12.8 Å². The number of rotatable bonds is 4. The van der Waals surface area contributed by atoms with E-state index in [-0.39, 0.29) is 0 Å². The SMILES string of the molecule is CNc1cncc(N2CCC(CCO)C2)c1. The van der Waals surface area contributed by atoms with Crippen molar-refractivity contribution in [1.29, 1.82) is 0 Å². The maximum Gasteiger partial charge on any atom is 0.0573 e. The minimum absolute atomic E-state index is 0.299. The van der Waals surface area contributed by atoms with Crippen LogP contribution in [0.5, 0.6) is 0 Å². The number of hydrogen-bond acceptors (Lipinski definition) is 4. The van der Waals surface area contributed by atoms with Crippen molar-refractivity contribution in [3.05, 3.63) is 18.5 Å². The van der Waals surface area contributed by atoms with E-state index in [1.165, 1.54) is 12.1 Å². The second-order valence-corrected chi connectivity index (χ2v) is 4.29. The maximum absolute atomic E-state index is 8.92. The molecule has 2 heterocycles. The van der Waals surface area contributed by atoms with Crippen LogP contribution < -0.4 is 10.2 Å². The van der Waals surface area contributed by atoms with Gasteiger partial charge in [-0.15, -0.1) is 0 Å².